The van der Waals surface area contributed by atoms with Crippen LogP contribution in [0.1, 0.15) is 17.5 Å². The lowest BCUT2D eigenvalue weighted by Gasteiger charge is -2.08. The second kappa shape index (κ2) is 12.5. The van der Waals surface area contributed by atoms with Crippen molar-refractivity contribution in [1.29, 1.82) is 0 Å². The zero-order valence-electron chi connectivity index (χ0n) is 14.7. The molecule has 5 heteroatoms. The molecule has 2 N–H and O–H groups in total. The number of anilines is 1. The molecular weight excluding hydrogens is 336 g/mol. The van der Waals surface area contributed by atoms with E-state index < -0.39 is 0 Å². The van der Waals surface area contributed by atoms with Crippen LogP contribution in [0.5, 0.6) is 0 Å². The Bertz CT molecular complexity index is 603. The number of hydrogen-bond donors (Lipinski definition) is 2. The molecule has 0 unspecified atom stereocenters. The minimum atomic E-state index is -0.0390. The molecule has 0 spiro atoms. The Morgan fingerprint density at radius 2 is 1.60 bits per heavy atom. The van der Waals surface area contributed by atoms with Crippen molar-refractivity contribution in [3.63, 3.8) is 0 Å². The molecule has 0 saturated heterocycles. The number of nitrogens with one attached hydrogen (secondary N) is 2. The van der Waals surface area contributed by atoms with E-state index in [0.717, 1.165) is 24.9 Å². The quantitative estimate of drug-likeness (QED) is 0.636. The largest absolute Gasteiger partial charge is 0.383 e. The van der Waals surface area contributed by atoms with Crippen LogP contribution in [0, 0.1) is 0 Å². The summed E-state index contributed by atoms with van der Waals surface area (Å²) in [4.78, 5) is 11.8. The zero-order valence-corrected chi connectivity index (χ0v) is 15.5. The van der Waals surface area contributed by atoms with Gasteiger partial charge in [0.25, 0.3) is 0 Å². The van der Waals surface area contributed by atoms with E-state index in [4.69, 9.17) is 4.74 Å². The lowest BCUT2D eigenvalue weighted by Crippen LogP contribution is -2.30. The highest BCUT2D eigenvalue weighted by Crippen LogP contribution is 2.12. The fraction of sp³-hybridized carbons (Fsp3) is 0.350. The van der Waals surface area contributed by atoms with Crippen molar-refractivity contribution in [1.82, 2.24) is 5.32 Å². The van der Waals surface area contributed by atoms with Gasteiger partial charge in [0.2, 0.25) is 5.91 Å². The highest BCUT2D eigenvalue weighted by atomic mass is 35.5. The van der Waals surface area contributed by atoms with Crippen LogP contribution in [0.15, 0.2) is 54.6 Å². The van der Waals surface area contributed by atoms with E-state index in [1.165, 1.54) is 11.1 Å². The molecule has 0 aliphatic carbocycles. The smallest absolute Gasteiger partial charge is 0.238 e. The summed E-state index contributed by atoms with van der Waals surface area (Å²) in [7, 11) is 1.64. The van der Waals surface area contributed by atoms with Crippen molar-refractivity contribution < 1.29 is 9.53 Å². The Balaban J connectivity index is 0.00000312. The van der Waals surface area contributed by atoms with Crippen LogP contribution in [-0.2, 0) is 22.4 Å². The first-order valence-corrected chi connectivity index (χ1v) is 8.40. The number of halogens is 1. The van der Waals surface area contributed by atoms with Gasteiger partial charge in [0.05, 0.1) is 13.2 Å². The van der Waals surface area contributed by atoms with Gasteiger partial charge in [0.1, 0.15) is 0 Å². The van der Waals surface area contributed by atoms with Crippen molar-refractivity contribution >= 4 is 24.0 Å². The molecule has 25 heavy (non-hydrogen) atoms. The Kier molecular flexibility index (Phi) is 10.6. The third-order valence-electron chi connectivity index (χ3n) is 3.78. The normalized spacial score (nSPS) is 10.1. The van der Waals surface area contributed by atoms with Gasteiger partial charge in [-0.15, -0.1) is 12.4 Å². The van der Waals surface area contributed by atoms with Crippen LogP contribution < -0.4 is 10.6 Å². The molecule has 2 aromatic carbocycles. The lowest BCUT2D eigenvalue weighted by atomic mass is 10.0. The molecule has 0 atom stereocenters. The fourth-order valence-corrected chi connectivity index (χ4v) is 2.48. The Hall–Kier alpha value is -1.88. The number of rotatable bonds is 10. The maximum atomic E-state index is 11.8. The molecule has 0 bridgehead atoms. The molecule has 0 aliphatic rings. The van der Waals surface area contributed by atoms with Gasteiger partial charge < -0.3 is 15.4 Å². The molecule has 136 valence electrons. The van der Waals surface area contributed by atoms with Crippen molar-refractivity contribution in [2.75, 3.05) is 32.1 Å². The molecule has 0 radical (unpaired) electrons. The molecule has 0 fully saturated rings. The van der Waals surface area contributed by atoms with Gasteiger partial charge in [-0.1, -0.05) is 42.5 Å². The number of ether oxygens (including phenoxy) is 1. The van der Waals surface area contributed by atoms with Crippen molar-refractivity contribution in [3.05, 3.63) is 65.7 Å². The highest BCUT2D eigenvalue weighted by Gasteiger charge is 2.02. The van der Waals surface area contributed by atoms with E-state index in [1.807, 2.05) is 18.2 Å². The average molecular weight is 363 g/mol. The van der Waals surface area contributed by atoms with Gasteiger partial charge >= 0.3 is 0 Å². The summed E-state index contributed by atoms with van der Waals surface area (Å²) in [6, 6.07) is 18.6. The molecule has 2 rings (SSSR count). The maximum absolute atomic E-state index is 11.8. The number of methoxy groups -OCH3 is 1. The van der Waals surface area contributed by atoms with Crippen LogP contribution in [0.2, 0.25) is 0 Å². The van der Waals surface area contributed by atoms with E-state index in [0.29, 0.717) is 19.7 Å². The fourth-order valence-electron chi connectivity index (χ4n) is 2.48. The van der Waals surface area contributed by atoms with Crippen LogP contribution >= 0.6 is 12.4 Å². The second-order valence-electron chi connectivity index (χ2n) is 5.75. The predicted molar refractivity (Wildman–Crippen MR) is 106 cm³/mol. The topological polar surface area (TPSA) is 50.4 Å². The molecule has 0 heterocycles. The number of carbonyl (C=O) groups is 1. The van der Waals surface area contributed by atoms with Crippen LogP contribution in [0.4, 0.5) is 5.69 Å². The third-order valence-corrected chi connectivity index (χ3v) is 3.78. The Morgan fingerprint density at radius 1 is 0.960 bits per heavy atom. The standard InChI is InChI=1S/C20H26N2O2.ClH/c1-24-15-14-21-16-20(23)22-19-12-10-18(11-13-19)9-5-8-17-6-3-2-4-7-17;/h2-4,6-7,10-13,21H,5,8-9,14-16H2,1H3,(H,22,23);1H. The summed E-state index contributed by atoms with van der Waals surface area (Å²) in [6.45, 7) is 1.57. The number of benzene rings is 2. The van der Waals surface area contributed by atoms with Gasteiger partial charge in [-0.2, -0.15) is 0 Å². The summed E-state index contributed by atoms with van der Waals surface area (Å²) in [5.74, 6) is -0.0390. The summed E-state index contributed by atoms with van der Waals surface area (Å²) in [5.41, 5.74) is 3.50. The summed E-state index contributed by atoms with van der Waals surface area (Å²) in [6.07, 6.45) is 3.26. The first-order valence-electron chi connectivity index (χ1n) is 8.40. The van der Waals surface area contributed by atoms with Crippen molar-refractivity contribution in [2.45, 2.75) is 19.3 Å². The average Bonchev–Trinajstić information content (AvgIpc) is 2.61. The number of hydrogen-bond acceptors (Lipinski definition) is 3. The lowest BCUT2D eigenvalue weighted by molar-refractivity contribution is -0.115. The minimum Gasteiger partial charge on any atom is -0.383 e. The number of amides is 1. The van der Waals surface area contributed by atoms with Crippen LogP contribution in [0.25, 0.3) is 0 Å². The number of aryl methyl sites for hydroxylation is 2. The minimum absolute atomic E-state index is 0. The molecule has 1 amide bonds. The third kappa shape index (κ3) is 8.68. The molecule has 2 aromatic rings. The van der Waals surface area contributed by atoms with E-state index in [-0.39, 0.29) is 18.3 Å². The summed E-state index contributed by atoms with van der Waals surface area (Å²) >= 11 is 0. The Morgan fingerprint density at radius 3 is 2.24 bits per heavy atom. The molecular formula is C20H27ClN2O2. The van der Waals surface area contributed by atoms with E-state index in [1.54, 1.807) is 7.11 Å². The molecule has 4 nitrogen and oxygen atoms in total. The summed E-state index contributed by atoms with van der Waals surface area (Å²) < 4.78 is 4.92. The van der Waals surface area contributed by atoms with Crippen molar-refractivity contribution in [3.8, 4) is 0 Å². The molecule has 0 saturated carbocycles. The first-order chi connectivity index (χ1) is 11.8. The van der Waals surface area contributed by atoms with Gasteiger partial charge in [-0.3, -0.25) is 4.79 Å². The zero-order chi connectivity index (χ0) is 17.0. The predicted octanol–water partition coefficient (Wildman–Crippen LogP) is 3.46. The maximum Gasteiger partial charge on any atom is 0.238 e. The van der Waals surface area contributed by atoms with Gasteiger partial charge in [-0.25, -0.2) is 0 Å². The van der Waals surface area contributed by atoms with Crippen molar-refractivity contribution in [2.24, 2.45) is 0 Å². The first kappa shape index (κ1) is 21.2. The van der Waals surface area contributed by atoms with Gasteiger partial charge in [0.15, 0.2) is 0 Å². The number of carbonyl (C=O) groups excluding carboxylic acids is 1. The Labute approximate surface area is 156 Å². The second-order valence-corrected chi connectivity index (χ2v) is 5.75. The van der Waals surface area contributed by atoms with Gasteiger partial charge in [-0.05, 0) is 42.5 Å². The van der Waals surface area contributed by atoms with Crippen LogP contribution in [-0.4, -0.2) is 32.7 Å². The SMILES string of the molecule is COCCNCC(=O)Nc1ccc(CCCc2ccccc2)cc1.Cl. The molecule has 0 aliphatic heterocycles. The van der Waals surface area contributed by atoms with E-state index in [9.17, 15) is 4.79 Å². The van der Waals surface area contributed by atoms with E-state index in [2.05, 4.69) is 47.0 Å². The molecule has 0 aromatic heterocycles. The summed E-state index contributed by atoms with van der Waals surface area (Å²) in [5, 5.41) is 5.91. The highest BCUT2D eigenvalue weighted by molar-refractivity contribution is 5.92. The van der Waals surface area contributed by atoms with Gasteiger partial charge in [0, 0.05) is 19.3 Å². The van der Waals surface area contributed by atoms with E-state index >= 15 is 0 Å². The monoisotopic (exact) mass is 362 g/mol. The van der Waals surface area contributed by atoms with Crippen LogP contribution in [0.3, 0.4) is 0 Å².